The van der Waals surface area contributed by atoms with Crippen molar-refractivity contribution in [3.05, 3.63) is 24.3 Å². The van der Waals surface area contributed by atoms with E-state index >= 15 is 0 Å². The van der Waals surface area contributed by atoms with Gasteiger partial charge in [-0.05, 0) is 30.4 Å². The second kappa shape index (κ2) is 13.5. The lowest BCUT2D eigenvalue weighted by molar-refractivity contribution is -0.141. The first kappa shape index (κ1) is 28.7. The van der Waals surface area contributed by atoms with Gasteiger partial charge in [0.25, 0.3) is 0 Å². The number of ether oxygens (including phenoxy) is 3. The first-order valence-electron chi connectivity index (χ1n) is 12.0. The predicted molar refractivity (Wildman–Crippen MR) is 137 cm³/mol. The maximum absolute atomic E-state index is 12.6. The van der Waals surface area contributed by atoms with Crippen LogP contribution in [0.4, 0.5) is 5.82 Å². The Bertz CT molecular complexity index is 1010. The molecule has 1 aromatic carbocycles. The molecule has 1 aromatic heterocycles. The third kappa shape index (κ3) is 7.47. The largest absolute Gasteiger partial charge is 0.496 e. The van der Waals surface area contributed by atoms with E-state index in [2.05, 4.69) is 23.9 Å². The van der Waals surface area contributed by atoms with E-state index in [0.29, 0.717) is 36.7 Å². The molecule has 1 atom stereocenters. The van der Waals surface area contributed by atoms with Crippen molar-refractivity contribution in [1.82, 2.24) is 15.1 Å². The number of nitrogens with one attached hydrogen (secondary N) is 1. The summed E-state index contributed by atoms with van der Waals surface area (Å²) in [5.41, 5.74) is 1.46. The molecule has 0 saturated heterocycles. The van der Waals surface area contributed by atoms with Gasteiger partial charge in [0.1, 0.15) is 18.0 Å². The molecule has 0 radical (unpaired) electrons. The fraction of sp³-hybridized carbons (Fsp3) is 0.538. The molecular weight excluding hydrogens is 464 g/mol. The van der Waals surface area contributed by atoms with Gasteiger partial charge in [-0.3, -0.25) is 24.0 Å². The van der Waals surface area contributed by atoms with Gasteiger partial charge in [0.15, 0.2) is 5.82 Å². The van der Waals surface area contributed by atoms with E-state index in [1.165, 1.54) is 12.0 Å². The van der Waals surface area contributed by atoms with Gasteiger partial charge in [0.2, 0.25) is 12.3 Å². The minimum atomic E-state index is -0.543. The number of hydrogen-bond donors (Lipinski definition) is 1. The van der Waals surface area contributed by atoms with Crippen LogP contribution >= 0.6 is 0 Å². The number of carbonyl (C=O) groups excluding carboxylic acids is 3. The Labute approximate surface area is 212 Å². The molecule has 1 N–H and O–H groups in total. The van der Waals surface area contributed by atoms with Crippen molar-refractivity contribution < 1.29 is 28.6 Å². The summed E-state index contributed by atoms with van der Waals surface area (Å²) in [4.78, 5) is 37.9. The van der Waals surface area contributed by atoms with Crippen LogP contribution in [-0.2, 0) is 25.7 Å². The molecule has 1 heterocycles. The predicted octanol–water partition coefficient (Wildman–Crippen LogP) is 3.28. The Kier molecular flexibility index (Phi) is 10.8. The lowest BCUT2D eigenvalue weighted by Crippen LogP contribution is -2.41. The van der Waals surface area contributed by atoms with E-state index < -0.39 is 12.0 Å². The fourth-order valence-electron chi connectivity index (χ4n) is 4.01. The molecule has 0 aliphatic heterocycles. The van der Waals surface area contributed by atoms with E-state index in [4.69, 9.17) is 14.6 Å². The normalized spacial score (nSPS) is 11.8. The van der Waals surface area contributed by atoms with Gasteiger partial charge in [-0.2, -0.15) is 5.10 Å². The number of rotatable bonds is 14. The number of esters is 1. The zero-order chi connectivity index (χ0) is 26.8. The van der Waals surface area contributed by atoms with Crippen molar-refractivity contribution in [2.24, 2.45) is 11.8 Å². The van der Waals surface area contributed by atoms with E-state index in [1.807, 2.05) is 42.8 Å². The number of methoxy groups -OCH3 is 3. The topological polar surface area (TPSA) is 112 Å². The van der Waals surface area contributed by atoms with Crippen LogP contribution in [0, 0.1) is 11.8 Å². The fourth-order valence-corrected chi connectivity index (χ4v) is 4.01. The number of aromatic nitrogens is 2. The Balaban J connectivity index is 2.52. The smallest absolute Gasteiger partial charge is 0.325 e. The first-order chi connectivity index (χ1) is 17.1. The molecule has 0 fully saturated rings. The SMILES string of the molecule is COC(=O)CNC(=O)C[C@H](CC(C)C)N(C=O)c1cc(-c2c(OC)cccc2OC)n(CC(C)C)n1. The van der Waals surface area contributed by atoms with Crippen molar-refractivity contribution in [2.45, 2.75) is 53.1 Å². The molecule has 0 unspecified atom stereocenters. The van der Waals surface area contributed by atoms with Gasteiger partial charge in [0.05, 0.1) is 32.6 Å². The number of anilines is 1. The molecule has 0 spiro atoms. The van der Waals surface area contributed by atoms with Gasteiger partial charge in [0, 0.05) is 25.1 Å². The molecule has 10 heteroatoms. The lowest BCUT2D eigenvalue weighted by atomic mass is 9.99. The molecular formula is C26H38N4O6. The molecule has 2 amide bonds. The average molecular weight is 503 g/mol. The maximum Gasteiger partial charge on any atom is 0.325 e. The molecule has 0 saturated carbocycles. The van der Waals surface area contributed by atoms with Crippen LogP contribution in [0.1, 0.15) is 40.5 Å². The van der Waals surface area contributed by atoms with Crippen LogP contribution < -0.4 is 19.7 Å². The Morgan fingerprint density at radius 2 is 1.72 bits per heavy atom. The third-order valence-electron chi connectivity index (χ3n) is 5.58. The molecule has 0 aliphatic rings. The van der Waals surface area contributed by atoms with Gasteiger partial charge >= 0.3 is 5.97 Å². The number of nitrogens with zero attached hydrogens (tertiary/aromatic N) is 3. The van der Waals surface area contributed by atoms with Crippen molar-refractivity contribution in [2.75, 3.05) is 32.8 Å². The summed E-state index contributed by atoms with van der Waals surface area (Å²) in [5, 5.41) is 7.32. The number of benzene rings is 1. The minimum absolute atomic E-state index is 0.0122. The standard InChI is InChI=1S/C26H38N4O6/c1-17(2)11-19(12-24(32)27-14-25(33)36-7)29(16-31)23-13-20(30(28-23)15-18(3)4)26-21(34-5)9-8-10-22(26)35-6/h8-10,13,16-19H,11-12,14-15H2,1-7H3,(H,27,32)/t19-/m0/s1. The molecule has 10 nitrogen and oxygen atoms in total. The van der Waals surface area contributed by atoms with Crippen molar-refractivity contribution in [1.29, 1.82) is 0 Å². The summed E-state index contributed by atoms with van der Waals surface area (Å²) in [5.74, 6) is 1.23. The lowest BCUT2D eigenvalue weighted by Gasteiger charge is -2.27. The Morgan fingerprint density at radius 3 is 2.22 bits per heavy atom. The Hall–Kier alpha value is -3.56. The van der Waals surface area contributed by atoms with E-state index in [-0.39, 0.29) is 30.7 Å². The van der Waals surface area contributed by atoms with Crippen molar-refractivity contribution >= 4 is 24.1 Å². The van der Waals surface area contributed by atoms with Crippen LogP contribution in [0.3, 0.4) is 0 Å². The number of amides is 2. The highest BCUT2D eigenvalue weighted by molar-refractivity contribution is 5.85. The van der Waals surface area contributed by atoms with Gasteiger partial charge in [-0.15, -0.1) is 0 Å². The zero-order valence-corrected chi connectivity index (χ0v) is 22.2. The molecule has 0 bridgehead atoms. The summed E-state index contributed by atoms with van der Waals surface area (Å²) in [7, 11) is 4.43. The highest BCUT2D eigenvalue weighted by Crippen LogP contribution is 2.40. The van der Waals surface area contributed by atoms with Crippen LogP contribution in [0.25, 0.3) is 11.3 Å². The molecule has 2 aromatic rings. The average Bonchev–Trinajstić information content (AvgIpc) is 3.23. The first-order valence-corrected chi connectivity index (χ1v) is 12.0. The van der Waals surface area contributed by atoms with E-state index in [9.17, 15) is 14.4 Å². The zero-order valence-electron chi connectivity index (χ0n) is 22.2. The van der Waals surface area contributed by atoms with Crippen LogP contribution in [0.5, 0.6) is 11.5 Å². The summed E-state index contributed by atoms with van der Waals surface area (Å²) < 4.78 is 17.6. The van der Waals surface area contributed by atoms with E-state index in [0.717, 1.165) is 11.3 Å². The number of carbonyl (C=O) groups is 3. The third-order valence-corrected chi connectivity index (χ3v) is 5.58. The molecule has 198 valence electrons. The highest BCUT2D eigenvalue weighted by atomic mass is 16.5. The molecule has 2 rings (SSSR count). The summed E-state index contributed by atoms with van der Waals surface area (Å²) >= 11 is 0. The summed E-state index contributed by atoms with van der Waals surface area (Å²) in [6.07, 6.45) is 1.28. The van der Waals surface area contributed by atoms with Crippen LogP contribution in [0.2, 0.25) is 0 Å². The van der Waals surface area contributed by atoms with Crippen molar-refractivity contribution in [3.8, 4) is 22.8 Å². The number of hydrogen-bond acceptors (Lipinski definition) is 7. The molecule has 0 aliphatic carbocycles. The summed E-state index contributed by atoms with van der Waals surface area (Å²) in [6, 6.07) is 6.88. The minimum Gasteiger partial charge on any atom is -0.496 e. The summed E-state index contributed by atoms with van der Waals surface area (Å²) in [6.45, 7) is 8.56. The maximum atomic E-state index is 12.6. The second-order valence-electron chi connectivity index (χ2n) is 9.35. The Morgan fingerprint density at radius 1 is 1.08 bits per heavy atom. The van der Waals surface area contributed by atoms with Gasteiger partial charge in [-0.1, -0.05) is 33.8 Å². The van der Waals surface area contributed by atoms with Crippen LogP contribution in [-0.4, -0.2) is 62.0 Å². The van der Waals surface area contributed by atoms with Gasteiger partial charge < -0.3 is 19.5 Å². The second-order valence-corrected chi connectivity index (χ2v) is 9.35. The van der Waals surface area contributed by atoms with Crippen molar-refractivity contribution in [3.63, 3.8) is 0 Å². The molecule has 36 heavy (non-hydrogen) atoms. The van der Waals surface area contributed by atoms with Gasteiger partial charge in [-0.25, -0.2) is 0 Å². The monoisotopic (exact) mass is 502 g/mol. The highest BCUT2D eigenvalue weighted by Gasteiger charge is 2.27. The van der Waals surface area contributed by atoms with Crippen LogP contribution in [0.15, 0.2) is 24.3 Å². The quantitative estimate of drug-likeness (QED) is 0.312. The van der Waals surface area contributed by atoms with E-state index in [1.54, 1.807) is 14.2 Å².